The van der Waals surface area contributed by atoms with E-state index >= 15 is 0 Å². The van der Waals surface area contributed by atoms with Crippen LogP contribution in [0.5, 0.6) is 0 Å². The van der Waals surface area contributed by atoms with Crippen LogP contribution >= 0.6 is 0 Å². The maximum atomic E-state index is 5.21. The van der Waals surface area contributed by atoms with E-state index in [0.29, 0.717) is 0 Å². The van der Waals surface area contributed by atoms with Gasteiger partial charge >= 0.3 is 0 Å². The summed E-state index contributed by atoms with van der Waals surface area (Å²) < 4.78 is 5.21. The van der Waals surface area contributed by atoms with Gasteiger partial charge < -0.3 is 9.51 Å². The van der Waals surface area contributed by atoms with Crippen molar-refractivity contribution in [1.29, 1.82) is 0 Å². The minimum atomic E-state index is 0.848. The molecule has 0 saturated heterocycles. The van der Waals surface area contributed by atoms with E-state index in [1.54, 1.807) is 6.33 Å². The van der Waals surface area contributed by atoms with E-state index in [0.717, 1.165) is 39.2 Å². The van der Waals surface area contributed by atoms with Crippen LogP contribution in [0.25, 0.3) is 22.2 Å². The Hall–Kier alpha value is -2.10. The van der Waals surface area contributed by atoms with E-state index in [-0.39, 0.29) is 0 Å². The van der Waals surface area contributed by atoms with E-state index in [1.165, 1.54) is 0 Å². The molecule has 1 aromatic carbocycles. The van der Waals surface area contributed by atoms with Crippen LogP contribution in [0.1, 0.15) is 30.9 Å². The van der Waals surface area contributed by atoms with Crippen molar-refractivity contribution in [3.05, 3.63) is 35.5 Å². The lowest BCUT2D eigenvalue weighted by atomic mass is 10.0. The van der Waals surface area contributed by atoms with Gasteiger partial charge in [-0.1, -0.05) is 19.0 Å². The van der Waals surface area contributed by atoms with Crippen molar-refractivity contribution in [2.75, 3.05) is 0 Å². The third-order valence-corrected chi connectivity index (χ3v) is 3.04. The number of nitrogens with one attached hydrogen (secondary N) is 1. The van der Waals surface area contributed by atoms with Crippen LogP contribution in [-0.2, 0) is 0 Å². The molecule has 2 heterocycles. The lowest BCUT2D eigenvalue weighted by Crippen LogP contribution is -1.85. The highest BCUT2D eigenvalue weighted by atomic mass is 16.5. The van der Waals surface area contributed by atoms with Crippen LogP contribution in [0.4, 0.5) is 0 Å². The van der Waals surface area contributed by atoms with Gasteiger partial charge in [0.25, 0.3) is 0 Å². The zero-order chi connectivity index (χ0) is 14.0. The molecule has 4 nitrogen and oxygen atoms in total. The normalized spacial score (nSPS) is 10.4. The first-order chi connectivity index (χ1) is 9.16. The quantitative estimate of drug-likeness (QED) is 0.711. The van der Waals surface area contributed by atoms with Crippen molar-refractivity contribution in [2.24, 2.45) is 0 Å². The monoisotopic (exact) mass is 257 g/mol. The second-order valence-electron chi connectivity index (χ2n) is 4.29. The Balaban J connectivity index is 0.000000637. The summed E-state index contributed by atoms with van der Waals surface area (Å²) in [5.74, 6) is 0.848. The predicted molar refractivity (Wildman–Crippen MR) is 77.1 cm³/mol. The van der Waals surface area contributed by atoms with E-state index in [9.17, 15) is 0 Å². The van der Waals surface area contributed by atoms with E-state index in [2.05, 4.69) is 34.2 Å². The first kappa shape index (κ1) is 13.3. The number of aromatic nitrogens is 3. The largest absolute Gasteiger partial charge is 0.361 e. The summed E-state index contributed by atoms with van der Waals surface area (Å²) in [5.41, 5.74) is 6.32. The molecule has 3 rings (SSSR count). The minimum Gasteiger partial charge on any atom is -0.361 e. The van der Waals surface area contributed by atoms with E-state index < -0.39 is 0 Å². The Labute approximate surface area is 112 Å². The Kier molecular flexibility index (Phi) is 3.69. The molecule has 0 aliphatic carbocycles. The Morgan fingerprint density at radius 1 is 1.11 bits per heavy atom. The van der Waals surface area contributed by atoms with Gasteiger partial charge in [-0.2, -0.15) is 0 Å². The zero-order valence-corrected chi connectivity index (χ0v) is 12.0. The maximum absolute atomic E-state index is 5.21. The van der Waals surface area contributed by atoms with Crippen LogP contribution in [-0.4, -0.2) is 15.1 Å². The topological polar surface area (TPSA) is 54.7 Å². The molecule has 100 valence electrons. The van der Waals surface area contributed by atoms with Crippen LogP contribution < -0.4 is 0 Å². The lowest BCUT2D eigenvalue weighted by molar-refractivity contribution is 0.393. The number of aryl methyl sites for hydroxylation is 3. The number of benzene rings is 1. The fourth-order valence-corrected chi connectivity index (χ4v) is 2.27. The molecule has 0 radical (unpaired) electrons. The molecular weight excluding hydrogens is 238 g/mol. The Bertz CT molecular complexity index is 675. The molecule has 0 fully saturated rings. The molecule has 0 amide bonds. The molecular formula is C15H19N3O. The summed E-state index contributed by atoms with van der Waals surface area (Å²) in [4.78, 5) is 7.43. The summed E-state index contributed by atoms with van der Waals surface area (Å²) in [6.07, 6.45) is 1.72. The highest BCUT2D eigenvalue weighted by molar-refractivity contribution is 5.85. The van der Waals surface area contributed by atoms with Crippen LogP contribution in [0, 0.1) is 20.8 Å². The van der Waals surface area contributed by atoms with Crippen LogP contribution in [0.15, 0.2) is 23.0 Å². The molecule has 0 saturated carbocycles. The standard InChI is InChI=1S/C13H13N3O.C2H6/c1-7-4-10(5-11-13(7)15-6-14-11)12-8(2)16-17-9(12)3;1-2/h4-6H,1-3H3,(H,14,15);1-2H3. The van der Waals surface area contributed by atoms with Gasteiger partial charge in [0.1, 0.15) is 5.76 Å². The number of H-pyrrole nitrogens is 1. The van der Waals surface area contributed by atoms with Gasteiger partial charge in [0.2, 0.25) is 0 Å². The molecule has 0 atom stereocenters. The SMILES string of the molecule is CC.Cc1noc(C)c1-c1cc(C)c2nc[nH]c2c1. The number of hydrogen-bond acceptors (Lipinski definition) is 3. The summed E-state index contributed by atoms with van der Waals surface area (Å²) in [5, 5.41) is 3.99. The maximum Gasteiger partial charge on any atom is 0.141 e. The average molecular weight is 257 g/mol. The summed E-state index contributed by atoms with van der Waals surface area (Å²) >= 11 is 0. The van der Waals surface area contributed by atoms with Crippen molar-refractivity contribution < 1.29 is 4.52 Å². The highest BCUT2D eigenvalue weighted by Crippen LogP contribution is 2.30. The number of fused-ring (bicyclic) bond motifs is 1. The van der Waals surface area contributed by atoms with Crippen molar-refractivity contribution in [2.45, 2.75) is 34.6 Å². The van der Waals surface area contributed by atoms with Crippen molar-refractivity contribution in [3.63, 3.8) is 0 Å². The second-order valence-corrected chi connectivity index (χ2v) is 4.29. The van der Waals surface area contributed by atoms with Gasteiger partial charge in [-0.15, -0.1) is 0 Å². The molecule has 0 spiro atoms. The predicted octanol–water partition coefficient (Wildman–Crippen LogP) is 4.17. The average Bonchev–Trinajstić information content (AvgIpc) is 2.99. The highest BCUT2D eigenvalue weighted by Gasteiger charge is 2.13. The van der Waals surface area contributed by atoms with Crippen molar-refractivity contribution in [1.82, 2.24) is 15.1 Å². The fourth-order valence-electron chi connectivity index (χ4n) is 2.27. The molecule has 0 bridgehead atoms. The Morgan fingerprint density at radius 3 is 2.47 bits per heavy atom. The van der Waals surface area contributed by atoms with E-state index in [1.807, 2.05) is 27.7 Å². The lowest BCUT2D eigenvalue weighted by Gasteiger charge is -2.03. The van der Waals surface area contributed by atoms with Crippen molar-refractivity contribution >= 4 is 11.0 Å². The molecule has 1 N–H and O–H groups in total. The van der Waals surface area contributed by atoms with E-state index in [4.69, 9.17) is 4.52 Å². The fraction of sp³-hybridized carbons (Fsp3) is 0.333. The molecule has 3 aromatic rings. The van der Waals surface area contributed by atoms with Gasteiger partial charge in [-0.05, 0) is 44.0 Å². The number of imidazole rings is 1. The van der Waals surface area contributed by atoms with Gasteiger partial charge in [-0.3, -0.25) is 0 Å². The van der Waals surface area contributed by atoms with Crippen LogP contribution in [0.2, 0.25) is 0 Å². The Morgan fingerprint density at radius 2 is 1.84 bits per heavy atom. The smallest absolute Gasteiger partial charge is 0.141 e. The first-order valence-corrected chi connectivity index (χ1v) is 6.54. The zero-order valence-electron chi connectivity index (χ0n) is 12.0. The minimum absolute atomic E-state index is 0.848. The second kappa shape index (κ2) is 5.26. The summed E-state index contributed by atoms with van der Waals surface area (Å²) in [6, 6.07) is 4.21. The number of rotatable bonds is 1. The molecule has 0 aliphatic heterocycles. The van der Waals surface area contributed by atoms with Crippen LogP contribution in [0.3, 0.4) is 0 Å². The molecule has 19 heavy (non-hydrogen) atoms. The van der Waals surface area contributed by atoms with Gasteiger partial charge in [-0.25, -0.2) is 4.98 Å². The molecule has 4 heteroatoms. The molecule has 0 aliphatic rings. The molecule has 0 unspecified atom stereocenters. The van der Waals surface area contributed by atoms with Crippen molar-refractivity contribution in [3.8, 4) is 11.1 Å². The van der Waals surface area contributed by atoms with Gasteiger partial charge in [0.05, 0.1) is 23.1 Å². The summed E-state index contributed by atoms with van der Waals surface area (Å²) in [6.45, 7) is 9.95. The summed E-state index contributed by atoms with van der Waals surface area (Å²) in [7, 11) is 0. The van der Waals surface area contributed by atoms with Gasteiger partial charge in [0.15, 0.2) is 0 Å². The molecule has 2 aromatic heterocycles. The number of nitrogens with zero attached hydrogens (tertiary/aromatic N) is 2. The third-order valence-electron chi connectivity index (χ3n) is 3.04. The first-order valence-electron chi connectivity index (χ1n) is 6.54. The number of hydrogen-bond donors (Lipinski definition) is 1. The number of aromatic amines is 1. The third kappa shape index (κ3) is 2.26. The van der Waals surface area contributed by atoms with Gasteiger partial charge in [0, 0.05) is 5.56 Å².